The molecule has 0 saturated heterocycles. The molecular weight excluding hydrogens is 622 g/mol. The molecule has 1 aromatic heterocycles. The number of hydrogen-bond acceptors (Lipinski definition) is 7. The molecule has 204 valence electrons. The number of nitrogens with zero attached hydrogens (tertiary/aromatic N) is 3. The molecule has 13 heteroatoms. The SMILES string of the molecule is OOCc1cc(NCOc2ccc(P(=[Se])(c3ccc(F)cc3)c3ccc(F)cc3)cc2)cc(-n2[nH]nnc2=S)c1. The fourth-order valence-electron chi connectivity index (χ4n) is 4.13. The van der Waals surface area contributed by atoms with Crippen LogP contribution >= 0.6 is 17.7 Å². The summed E-state index contributed by atoms with van der Waals surface area (Å²) in [7, 11) is 0. The third-order valence-corrected chi connectivity index (χ3v) is 13.4. The number of aromatic amines is 1. The van der Waals surface area contributed by atoms with Gasteiger partial charge in [-0.15, -0.1) is 0 Å². The number of H-pyrrole nitrogens is 1. The predicted molar refractivity (Wildman–Crippen MR) is 154 cm³/mol. The van der Waals surface area contributed by atoms with Gasteiger partial charge in [-0.1, -0.05) is 10.3 Å². The zero-order valence-corrected chi connectivity index (χ0v) is 24.1. The summed E-state index contributed by atoms with van der Waals surface area (Å²) in [5.74, 6) is -0.0238. The number of aromatic nitrogens is 4. The zero-order chi connectivity index (χ0) is 28.1. The van der Waals surface area contributed by atoms with Gasteiger partial charge in [-0.25, -0.2) is 4.89 Å². The van der Waals surface area contributed by atoms with Crippen molar-refractivity contribution >= 4 is 54.4 Å². The summed E-state index contributed by atoms with van der Waals surface area (Å²) in [4.78, 5) is 4.30. The van der Waals surface area contributed by atoms with Crippen molar-refractivity contribution in [3.8, 4) is 11.4 Å². The van der Waals surface area contributed by atoms with Crippen molar-refractivity contribution in [3.05, 3.63) is 113 Å². The maximum absolute atomic E-state index is 13.7. The van der Waals surface area contributed by atoms with Crippen LogP contribution in [0.3, 0.4) is 0 Å². The van der Waals surface area contributed by atoms with Crippen molar-refractivity contribution in [2.24, 2.45) is 0 Å². The van der Waals surface area contributed by atoms with Gasteiger partial charge in [0.15, 0.2) is 0 Å². The van der Waals surface area contributed by atoms with E-state index in [9.17, 15) is 8.78 Å². The number of halogens is 2. The summed E-state index contributed by atoms with van der Waals surface area (Å²) in [6, 6.07) is 25.8. The van der Waals surface area contributed by atoms with E-state index in [1.165, 1.54) is 28.9 Å². The van der Waals surface area contributed by atoms with Gasteiger partial charge >= 0.3 is 199 Å². The number of tetrazole rings is 1. The van der Waals surface area contributed by atoms with Crippen LogP contribution in [0.5, 0.6) is 5.75 Å². The molecule has 0 aliphatic carbocycles. The van der Waals surface area contributed by atoms with E-state index in [0.717, 1.165) is 15.9 Å². The quantitative estimate of drug-likeness (QED) is 0.0518. The number of ether oxygens (including phenoxy) is 1. The van der Waals surface area contributed by atoms with Crippen molar-refractivity contribution in [3.63, 3.8) is 0 Å². The molecule has 0 bridgehead atoms. The molecule has 1 heterocycles. The Kier molecular flexibility index (Phi) is 8.66. The van der Waals surface area contributed by atoms with E-state index in [4.69, 9.17) is 22.2 Å². The van der Waals surface area contributed by atoms with Crippen molar-refractivity contribution < 1.29 is 23.7 Å². The van der Waals surface area contributed by atoms with Gasteiger partial charge < -0.3 is 0 Å². The smallest absolute Gasteiger partial charge is 0.192 e. The first-order valence-corrected chi connectivity index (χ1v) is 16.3. The van der Waals surface area contributed by atoms with Crippen LogP contribution in [0.1, 0.15) is 5.56 Å². The Bertz CT molecular complexity index is 1660. The molecule has 0 aliphatic heterocycles. The van der Waals surface area contributed by atoms with E-state index < -0.39 is 5.51 Å². The molecule has 0 unspecified atom stereocenters. The minimum absolute atomic E-state index is 0.0270. The molecule has 5 rings (SSSR count). The number of hydrogen-bond donors (Lipinski definition) is 3. The fourth-order valence-corrected chi connectivity index (χ4v) is 9.22. The normalized spacial score (nSPS) is 11.4. The van der Waals surface area contributed by atoms with Crippen molar-refractivity contribution in [1.82, 2.24) is 20.2 Å². The van der Waals surface area contributed by atoms with Gasteiger partial charge in [0.05, 0.1) is 0 Å². The number of rotatable bonds is 10. The Balaban J connectivity index is 1.35. The molecule has 40 heavy (non-hydrogen) atoms. The second-order valence-electron chi connectivity index (χ2n) is 8.60. The summed E-state index contributed by atoms with van der Waals surface area (Å²) in [6.07, 6.45) is 0. The van der Waals surface area contributed by atoms with Crippen LogP contribution in [0.15, 0.2) is 91.0 Å². The first-order valence-electron chi connectivity index (χ1n) is 11.9. The number of anilines is 1. The molecule has 0 aliphatic rings. The van der Waals surface area contributed by atoms with E-state index in [0.29, 0.717) is 22.7 Å². The fraction of sp³-hybridized carbons (Fsp3) is 0.0741. The molecular formula is C27H22F2N5O3PSSe. The molecule has 0 spiro atoms. The molecule has 0 radical (unpaired) electrons. The first-order chi connectivity index (χ1) is 19.4. The van der Waals surface area contributed by atoms with Crippen LogP contribution in [0, 0.1) is 16.4 Å². The summed E-state index contributed by atoms with van der Waals surface area (Å²) >= 11 is 8.54. The monoisotopic (exact) mass is 645 g/mol. The second-order valence-corrected chi connectivity index (χ2v) is 15.2. The number of benzene rings is 4. The van der Waals surface area contributed by atoms with Gasteiger partial charge in [0.25, 0.3) is 0 Å². The van der Waals surface area contributed by atoms with E-state index in [1.54, 1.807) is 36.4 Å². The van der Waals surface area contributed by atoms with Crippen LogP contribution in [-0.4, -0.2) is 47.3 Å². The minimum atomic E-state index is -2.29. The van der Waals surface area contributed by atoms with Crippen LogP contribution in [-0.2, 0) is 11.5 Å². The van der Waals surface area contributed by atoms with Gasteiger partial charge in [0.1, 0.15) is 0 Å². The Hall–Kier alpha value is -3.50. The average molecular weight is 645 g/mol. The third-order valence-electron chi connectivity index (χ3n) is 6.03. The molecule has 0 saturated carbocycles. The van der Waals surface area contributed by atoms with E-state index in [-0.39, 0.29) is 29.7 Å². The summed E-state index contributed by atoms with van der Waals surface area (Å²) < 4.78 is 35.1. The van der Waals surface area contributed by atoms with Crippen LogP contribution in [0.2, 0.25) is 0 Å². The van der Waals surface area contributed by atoms with E-state index in [2.05, 4.69) is 40.8 Å². The van der Waals surface area contributed by atoms with Crippen molar-refractivity contribution in [2.75, 3.05) is 12.0 Å². The molecule has 3 N–H and O–H groups in total. The molecule has 0 amide bonds. The van der Waals surface area contributed by atoms with E-state index >= 15 is 0 Å². The summed E-state index contributed by atoms with van der Waals surface area (Å²) in [5.41, 5.74) is -0.263. The predicted octanol–water partition coefficient (Wildman–Crippen LogP) is 4.42. The van der Waals surface area contributed by atoms with Gasteiger partial charge in [-0.3, -0.25) is 5.26 Å². The Morgan fingerprint density at radius 3 is 2.00 bits per heavy atom. The standard InChI is InChI=1S/C27H22F2N5O3PSSe/c28-19-1-7-24(8-2-19)38(40,25-9-3-20(29)4-10-25)26-11-5-23(6-12-26)36-17-30-21-13-18(16-37-35)14-22(15-21)34-27(39)31-32-33-34/h1-15,30,35H,16-17H2,(H,31,33,39). The van der Waals surface area contributed by atoms with Crippen molar-refractivity contribution in [2.45, 2.75) is 6.61 Å². The van der Waals surface area contributed by atoms with Gasteiger partial charge in [-0.05, 0) is 12.2 Å². The molecule has 0 atom stereocenters. The summed E-state index contributed by atoms with van der Waals surface area (Å²) in [6.45, 7) is 0.115. The number of nitrogens with one attached hydrogen (secondary N) is 2. The minimum Gasteiger partial charge on any atom is -0.192 e. The Labute approximate surface area is 240 Å². The Morgan fingerprint density at radius 2 is 1.48 bits per heavy atom. The maximum atomic E-state index is 13.7. The second kappa shape index (κ2) is 12.3. The van der Waals surface area contributed by atoms with Crippen LogP contribution in [0.4, 0.5) is 14.5 Å². The van der Waals surface area contributed by atoms with Gasteiger partial charge in [0.2, 0.25) is 4.77 Å². The van der Waals surface area contributed by atoms with Gasteiger partial charge in [0, 0.05) is 0 Å². The molecule has 8 nitrogen and oxygen atoms in total. The van der Waals surface area contributed by atoms with Crippen LogP contribution in [0.25, 0.3) is 5.69 Å². The van der Waals surface area contributed by atoms with Crippen molar-refractivity contribution in [1.29, 1.82) is 0 Å². The third kappa shape index (κ3) is 6.13. The Morgan fingerprint density at radius 1 is 0.900 bits per heavy atom. The molecule has 4 aromatic carbocycles. The van der Waals surface area contributed by atoms with Crippen LogP contribution < -0.4 is 26.0 Å². The molecule has 5 aromatic rings. The first kappa shape index (κ1) is 28.0. The van der Waals surface area contributed by atoms with Gasteiger partial charge in [-0.2, -0.15) is 5.21 Å². The van der Waals surface area contributed by atoms with E-state index in [1.807, 2.05) is 30.3 Å². The average Bonchev–Trinajstić information content (AvgIpc) is 3.40. The zero-order valence-electron chi connectivity index (χ0n) is 20.7. The molecule has 0 fully saturated rings. The summed E-state index contributed by atoms with van der Waals surface area (Å²) in [5, 5.41) is 25.1. The topological polar surface area (TPSA) is 97.2 Å².